The van der Waals surface area contributed by atoms with Gasteiger partial charge in [0.25, 0.3) is 5.91 Å². The number of nitrogens with zero attached hydrogens (tertiary/aromatic N) is 1. The highest BCUT2D eigenvalue weighted by Crippen LogP contribution is 2.27. The fourth-order valence-corrected chi connectivity index (χ4v) is 2.43. The van der Waals surface area contributed by atoms with Crippen LogP contribution in [0.2, 0.25) is 10.0 Å². The summed E-state index contributed by atoms with van der Waals surface area (Å²) in [6, 6.07) is 9.97. The fourth-order valence-electron chi connectivity index (χ4n) is 1.94. The summed E-state index contributed by atoms with van der Waals surface area (Å²) >= 11 is 11.8. The maximum atomic E-state index is 12.0. The van der Waals surface area contributed by atoms with Crippen LogP contribution in [0, 0.1) is 0 Å². The Bertz CT molecular complexity index is 763. The number of carbonyl (C=O) groups is 1. The minimum Gasteiger partial charge on any atom is -0.493 e. The van der Waals surface area contributed by atoms with Crippen molar-refractivity contribution in [3.63, 3.8) is 0 Å². The molecule has 24 heavy (non-hydrogen) atoms. The predicted molar refractivity (Wildman–Crippen MR) is 95.7 cm³/mol. The Morgan fingerprint density at radius 3 is 2.67 bits per heavy atom. The average molecular weight is 367 g/mol. The molecular weight excluding hydrogens is 351 g/mol. The van der Waals surface area contributed by atoms with Crippen LogP contribution < -0.4 is 14.9 Å². The molecule has 0 saturated carbocycles. The lowest BCUT2D eigenvalue weighted by atomic mass is 10.2. The molecule has 2 aromatic carbocycles. The maximum absolute atomic E-state index is 12.0. The number of halogens is 2. The van der Waals surface area contributed by atoms with Crippen molar-refractivity contribution < 1.29 is 14.3 Å². The molecule has 0 aliphatic rings. The lowest BCUT2D eigenvalue weighted by Crippen LogP contribution is -2.18. The highest BCUT2D eigenvalue weighted by atomic mass is 35.5. The van der Waals surface area contributed by atoms with Gasteiger partial charge in [-0.25, -0.2) is 5.43 Å². The van der Waals surface area contributed by atoms with E-state index in [1.54, 1.807) is 31.4 Å². The molecule has 7 heteroatoms. The molecule has 2 aromatic rings. The number of methoxy groups -OCH3 is 1. The van der Waals surface area contributed by atoms with E-state index in [0.717, 1.165) is 5.56 Å². The summed E-state index contributed by atoms with van der Waals surface area (Å²) in [4.78, 5) is 12.0. The highest BCUT2D eigenvalue weighted by Gasteiger charge is 2.09. The lowest BCUT2D eigenvalue weighted by Gasteiger charge is -2.09. The first-order valence-electron chi connectivity index (χ1n) is 7.14. The van der Waals surface area contributed by atoms with Crippen LogP contribution in [0.25, 0.3) is 0 Å². The van der Waals surface area contributed by atoms with Crippen molar-refractivity contribution in [2.45, 2.75) is 6.92 Å². The molecule has 0 spiro atoms. The van der Waals surface area contributed by atoms with Crippen molar-refractivity contribution in [2.75, 3.05) is 13.7 Å². The highest BCUT2D eigenvalue weighted by molar-refractivity contribution is 6.36. The van der Waals surface area contributed by atoms with E-state index in [-0.39, 0.29) is 5.02 Å². The molecule has 0 bridgehead atoms. The number of hydrogen-bond acceptors (Lipinski definition) is 4. The van der Waals surface area contributed by atoms with Crippen LogP contribution in [0.4, 0.5) is 0 Å². The zero-order valence-corrected chi connectivity index (χ0v) is 14.7. The Morgan fingerprint density at radius 2 is 2.00 bits per heavy atom. The van der Waals surface area contributed by atoms with E-state index >= 15 is 0 Å². The van der Waals surface area contributed by atoms with E-state index < -0.39 is 5.91 Å². The molecule has 1 N–H and O–H groups in total. The van der Waals surface area contributed by atoms with Crippen LogP contribution in [0.15, 0.2) is 41.5 Å². The van der Waals surface area contributed by atoms with E-state index in [4.69, 9.17) is 32.7 Å². The van der Waals surface area contributed by atoms with E-state index in [0.29, 0.717) is 28.7 Å². The van der Waals surface area contributed by atoms with Crippen LogP contribution in [0.3, 0.4) is 0 Å². The molecule has 2 rings (SSSR count). The second kappa shape index (κ2) is 8.57. The first-order chi connectivity index (χ1) is 11.5. The summed E-state index contributed by atoms with van der Waals surface area (Å²) in [5.41, 5.74) is 3.46. The third-order valence-electron chi connectivity index (χ3n) is 3.04. The van der Waals surface area contributed by atoms with Crippen molar-refractivity contribution in [1.29, 1.82) is 0 Å². The standard InChI is InChI=1S/C17H16Cl2N2O3/c1-3-24-15-7-4-11(8-16(15)23-2)10-20-21-17(22)13-6-5-12(18)9-14(13)19/h4-10H,3H2,1-2H3,(H,21,22). The smallest absolute Gasteiger partial charge is 0.272 e. The molecular formula is C17H16Cl2N2O3. The summed E-state index contributed by atoms with van der Waals surface area (Å²) in [7, 11) is 1.56. The molecule has 5 nitrogen and oxygen atoms in total. The third kappa shape index (κ3) is 4.63. The van der Waals surface area contributed by atoms with Gasteiger partial charge in [0, 0.05) is 5.02 Å². The van der Waals surface area contributed by atoms with Gasteiger partial charge in [-0.3, -0.25) is 4.79 Å². The molecule has 0 fully saturated rings. The van der Waals surface area contributed by atoms with Gasteiger partial charge in [-0.1, -0.05) is 23.2 Å². The van der Waals surface area contributed by atoms with Crippen molar-refractivity contribution in [3.8, 4) is 11.5 Å². The largest absolute Gasteiger partial charge is 0.493 e. The van der Waals surface area contributed by atoms with Gasteiger partial charge in [-0.15, -0.1) is 0 Å². The van der Waals surface area contributed by atoms with Gasteiger partial charge in [0.1, 0.15) is 0 Å². The molecule has 0 radical (unpaired) electrons. The zero-order valence-electron chi connectivity index (χ0n) is 13.2. The summed E-state index contributed by atoms with van der Waals surface area (Å²) in [6.07, 6.45) is 1.50. The van der Waals surface area contributed by atoms with Crippen molar-refractivity contribution in [2.24, 2.45) is 5.10 Å². The summed E-state index contributed by atoms with van der Waals surface area (Å²) in [6.45, 7) is 2.44. The summed E-state index contributed by atoms with van der Waals surface area (Å²) in [5.74, 6) is 0.813. The van der Waals surface area contributed by atoms with E-state index in [2.05, 4.69) is 10.5 Å². The number of hydrogen-bond donors (Lipinski definition) is 1. The van der Waals surface area contributed by atoms with E-state index in [1.807, 2.05) is 6.92 Å². The Balaban J connectivity index is 2.07. The van der Waals surface area contributed by atoms with Gasteiger partial charge in [-0.05, 0) is 48.9 Å². The molecule has 0 unspecified atom stereocenters. The number of hydrazone groups is 1. The van der Waals surface area contributed by atoms with Gasteiger partial charge in [0.05, 0.1) is 30.5 Å². The number of amides is 1. The Kier molecular flexibility index (Phi) is 6.46. The SMILES string of the molecule is CCOc1ccc(C=NNC(=O)c2ccc(Cl)cc2Cl)cc1OC. The molecule has 0 aliphatic carbocycles. The predicted octanol–water partition coefficient (Wildman–Crippen LogP) is 4.16. The molecule has 126 valence electrons. The molecule has 0 aliphatic heterocycles. The minimum atomic E-state index is -0.425. The van der Waals surface area contributed by atoms with Crippen molar-refractivity contribution >= 4 is 35.3 Å². The van der Waals surface area contributed by atoms with Crippen LogP contribution in [-0.2, 0) is 0 Å². The normalized spacial score (nSPS) is 10.7. The topological polar surface area (TPSA) is 59.9 Å². The molecule has 1 amide bonds. The lowest BCUT2D eigenvalue weighted by molar-refractivity contribution is 0.0955. The van der Waals surface area contributed by atoms with Gasteiger partial charge in [-0.2, -0.15) is 5.10 Å². The first kappa shape index (κ1) is 18.1. The first-order valence-corrected chi connectivity index (χ1v) is 7.90. The molecule has 0 saturated heterocycles. The maximum Gasteiger partial charge on any atom is 0.272 e. The minimum absolute atomic E-state index is 0.262. The Labute approximate surface area is 150 Å². The van der Waals surface area contributed by atoms with Crippen molar-refractivity contribution in [3.05, 3.63) is 57.6 Å². The molecule has 0 aromatic heterocycles. The van der Waals surface area contributed by atoms with Crippen LogP contribution in [-0.4, -0.2) is 25.8 Å². The van der Waals surface area contributed by atoms with Crippen molar-refractivity contribution in [1.82, 2.24) is 5.43 Å². The monoisotopic (exact) mass is 366 g/mol. The Hall–Kier alpha value is -2.24. The number of rotatable bonds is 6. The van der Waals surface area contributed by atoms with Crippen LogP contribution >= 0.6 is 23.2 Å². The van der Waals surface area contributed by atoms with Crippen LogP contribution in [0.1, 0.15) is 22.8 Å². The van der Waals surface area contributed by atoms with Crippen LogP contribution in [0.5, 0.6) is 11.5 Å². The molecule has 0 atom stereocenters. The van der Waals surface area contributed by atoms with Gasteiger partial charge in [0.15, 0.2) is 11.5 Å². The fraction of sp³-hybridized carbons (Fsp3) is 0.176. The number of nitrogens with one attached hydrogen (secondary N) is 1. The second-order valence-electron chi connectivity index (χ2n) is 4.67. The summed E-state index contributed by atoms with van der Waals surface area (Å²) < 4.78 is 10.7. The van der Waals surface area contributed by atoms with Gasteiger partial charge in [0.2, 0.25) is 0 Å². The number of ether oxygens (including phenoxy) is 2. The van der Waals surface area contributed by atoms with E-state index in [9.17, 15) is 4.79 Å². The van der Waals surface area contributed by atoms with Gasteiger partial charge >= 0.3 is 0 Å². The quantitative estimate of drug-likeness (QED) is 0.616. The third-order valence-corrected chi connectivity index (χ3v) is 3.59. The number of benzene rings is 2. The zero-order chi connectivity index (χ0) is 17.5. The average Bonchev–Trinajstić information content (AvgIpc) is 2.56. The molecule has 0 heterocycles. The summed E-state index contributed by atoms with van der Waals surface area (Å²) in [5, 5.41) is 4.64. The second-order valence-corrected chi connectivity index (χ2v) is 5.51. The van der Waals surface area contributed by atoms with Gasteiger partial charge < -0.3 is 9.47 Å². The Morgan fingerprint density at radius 1 is 1.21 bits per heavy atom. The van der Waals surface area contributed by atoms with E-state index in [1.165, 1.54) is 18.3 Å². The number of carbonyl (C=O) groups excluding carboxylic acids is 1.